The summed E-state index contributed by atoms with van der Waals surface area (Å²) in [6, 6.07) is 0. The summed E-state index contributed by atoms with van der Waals surface area (Å²) in [6.07, 6.45) is 29.2. The van der Waals surface area contributed by atoms with E-state index in [2.05, 4.69) is 19.1 Å². The van der Waals surface area contributed by atoms with Gasteiger partial charge in [0, 0.05) is 13.0 Å². The number of rotatable bonds is 33. The van der Waals surface area contributed by atoms with Crippen LogP contribution >= 0.6 is 7.82 Å². The van der Waals surface area contributed by atoms with E-state index in [1.807, 2.05) is 28.1 Å². The molecule has 0 aromatic rings. The molecule has 0 aliphatic rings. The second-order valence-corrected chi connectivity index (χ2v) is 14.7. The lowest BCUT2D eigenvalue weighted by atomic mass is 10.1. The van der Waals surface area contributed by atoms with Gasteiger partial charge in [-0.3, -0.25) is 13.8 Å². The second-order valence-electron chi connectivity index (χ2n) is 13.3. The molecular formula is C35H71NO7P+. The Labute approximate surface area is 271 Å². The molecule has 44 heavy (non-hydrogen) atoms. The van der Waals surface area contributed by atoms with E-state index in [1.165, 1.54) is 103 Å². The van der Waals surface area contributed by atoms with Gasteiger partial charge in [-0.25, -0.2) is 4.57 Å². The molecule has 0 fully saturated rings. The lowest BCUT2D eigenvalue weighted by Crippen LogP contribution is -2.37. The highest BCUT2D eigenvalue weighted by molar-refractivity contribution is 7.47. The van der Waals surface area contributed by atoms with Gasteiger partial charge in [0.25, 0.3) is 0 Å². The number of likely N-dealkylation sites (N-methyl/N-ethyl adjacent to an activating group) is 1. The van der Waals surface area contributed by atoms with Gasteiger partial charge in [0.1, 0.15) is 19.3 Å². The molecule has 0 saturated heterocycles. The van der Waals surface area contributed by atoms with Crippen molar-refractivity contribution in [2.45, 2.75) is 155 Å². The van der Waals surface area contributed by atoms with Gasteiger partial charge in [-0.05, 0) is 38.5 Å². The van der Waals surface area contributed by atoms with Crippen molar-refractivity contribution in [1.82, 2.24) is 0 Å². The van der Waals surface area contributed by atoms with E-state index >= 15 is 0 Å². The molecule has 2 atom stereocenters. The van der Waals surface area contributed by atoms with Gasteiger partial charge in [0.15, 0.2) is 0 Å². The van der Waals surface area contributed by atoms with E-state index in [0.717, 1.165) is 25.7 Å². The van der Waals surface area contributed by atoms with Gasteiger partial charge < -0.3 is 18.9 Å². The highest BCUT2D eigenvalue weighted by atomic mass is 31.2. The van der Waals surface area contributed by atoms with Crippen LogP contribution in [0.15, 0.2) is 12.2 Å². The topological polar surface area (TPSA) is 91.3 Å². The fourth-order valence-corrected chi connectivity index (χ4v) is 5.44. The van der Waals surface area contributed by atoms with Crippen molar-refractivity contribution in [3.8, 4) is 0 Å². The molecule has 9 heteroatoms. The standard InChI is InChI=1S/C35H70NO7P/c1-6-8-10-11-12-13-14-15-16-17-18-19-20-21-22-23-24-25-26-27-30-40-32-34(43-35(37)28-9-7-2)33-42-44(38,39)41-31-29-36(3,4)5/h15-16,34H,6-14,17-33H2,1-5H3/p+1/b16-15-. The Morgan fingerprint density at radius 3 is 1.70 bits per heavy atom. The zero-order valence-electron chi connectivity index (χ0n) is 29.4. The summed E-state index contributed by atoms with van der Waals surface area (Å²) in [5, 5.41) is 0. The van der Waals surface area contributed by atoms with Crippen molar-refractivity contribution < 1.29 is 37.3 Å². The average Bonchev–Trinajstić information content (AvgIpc) is 2.96. The molecule has 0 saturated carbocycles. The summed E-state index contributed by atoms with van der Waals surface area (Å²) in [5.41, 5.74) is 0. The van der Waals surface area contributed by atoms with Crippen molar-refractivity contribution in [3.05, 3.63) is 12.2 Å². The Morgan fingerprint density at radius 2 is 1.18 bits per heavy atom. The van der Waals surface area contributed by atoms with Crippen LogP contribution in [-0.2, 0) is 27.9 Å². The zero-order chi connectivity index (χ0) is 32.8. The number of hydrogen-bond donors (Lipinski definition) is 1. The molecule has 0 aliphatic carbocycles. The molecule has 0 aliphatic heterocycles. The first-order valence-corrected chi connectivity index (χ1v) is 19.4. The maximum Gasteiger partial charge on any atom is 0.472 e. The Kier molecular flexibility index (Phi) is 29.1. The van der Waals surface area contributed by atoms with Crippen LogP contribution in [0.3, 0.4) is 0 Å². The molecule has 1 N–H and O–H groups in total. The van der Waals surface area contributed by atoms with Crippen LogP contribution in [0.5, 0.6) is 0 Å². The molecular weight excluding hydrogens is 577 g/mol. The van der Waals surface area contributed by atoms with Crippen molar-refractivity contribution in [3.63, 3.8) is 0 Å². The van der Waals surface area contributed by atoms with Gasteiger partial charge in [-0.15, -0.1) is 0 Å². The number of carbonyl (C=O) groups is 1. The predicted molar refractivity (Wildman–Crippen MR) is 183 cm³/mol. The Bertz CT molecular complexity index is 726. The lowest BCUT2D eigenvalue weighted by Gasteiger charge is -2.24. The number of unbranched alkanes of at least 4 members (excludes halogenated alkanes) is 17. The second kappa shape index (κ2) is 29.6. The third-order valence-corrected chi connectivity index (χ3v) is 8.56. The first kappa shape index (κ1) is 43.2. The van der Waals surface area contributed by atoms with Gasteiger partial charge in [-0.2, -0.15) is 0 Å². The maximum absolute atomic E-state index is 12.3. The smallest absolute Gasteiger partial charge is 0.457 e. The van der Waals surface area contributed by atoms with Crippen LogP contribution in [0.2, 0.25) is 0 Å². The highest BCUT2D eigenvalue weighted by Crippen LogP contribution is 2.43. The summed E-state index contributed by atoms with van der Waals surface area (Å²) in [6.45, 7) is 5.37. The van der Waals surface area contributed by atoms with Crippen molar-refractivity contribution >= 4 is 13.8 Å². The molecule has 0 heterocycles. The van der Waals surface area contributed by atoms with Crippen molar-refractivity contribution in [2.75, 3.05) is 54.1 Å². The van der Waals surface area contributed by atoms with E-state index in [1.54, 1.807) is 0 Å². The molecule has 0 aromatic heterocycles. The molecule has 0 aromatic carbocycles. The minimum absolute atomic E-state index is 0.0893. The summed E-state index contributed by atoms with van der Waals surface area (Å²) in [5.74, 6) is -0.349. The SMILES string of the molecule is CCCCCCCC/C=C\CCCCCCCCCCCCOCC(COP(=O)(O)OCC[N+](C)(C)C)OC(=O)CCCC. The third-order valence-electron chi connectivity index (χ3n) is 7.58. The van der Waals surface area contributed by atoms with Crippen LogP contribution in [-0.4, -0.2) is 75.6 Å². The number of carbonyl (C=O) groups excluding carboxylic acids is 1. The average molecular weight is 649 g/mol. The van der Waals surface area contributed by atoms with Gasteiger partial charge in [0.2, 0.25) is 0 Å². The summed E-state index contributed by atoms with van der Waals surface area (Å²) in [7, 11) is 1.66. The molecule has 0 amide bonds. The van der Waals surface area contributed by atoms with Gasteiger partial charge in [0.05, 0.1) is 34.4 Å². The van der Waals surface area contributed by atoms with Gasteiger partial charge in [-0.1, -0.05) is 116 Å². The molecule has 262 valence electrons. The fourth-order valence-electron chi connectivity index (χ4n) is 4.70. The first-order chi connectivity index (χ1) is 21.1. The minimum atomic E-state index is -4.24. The summed E-state index contributed by atoms with van der Waals surface area (Å²) in [4.78, 5) is 22.2. The van der Waals surface area contributed by atoms with Crippen molar-refractivity contribution in [2.24, 2.45) is 0 Å². The number of hydrogen-bond acceptors (Lipinski definition) is 6. The number of ether oxygens (including phenoxy) is 2. The largest absolute Gasteiger partial charge is 0.472 e. The zero-order valence-corrected chi connectivity index (χ0v) is 30.3. The first-order valence-electron chi connectivity index (χ1n) is 17.9. The normalized spacial score (nSPS) is 14.2. The lowest BCUT2D eigenvalue weighted by molar-refractivity contribution is -0.870. The van der Waals surface area contributed by atoms with Crippen LogP contribution in [0.1, 0.15) is 149 Å². The molecule has 8 nitrogen and oxygen atoms in total. The Morgan fingerprint density at radius 1 is 0.682 bits per heavy atom. The Hall–Kier alpha value is -0.760. The number of phosphoric acid groups is 1. The van der Waals surface area contributed by atoms with Crippen molar-refractivity contribution in [1.29, 1.82) is 0 Å². The molecule has 0 radical (unpaired) electrons. The number of nitrogens with zero attached hydrogens (tertiary/aromatic N) is 1. The number of allylic oxidation sites excluding steroid dienone is 2. The van der Waals surface area contributed by atoms with E-state index in [9.17, 15) is 14.3 Å². The molecule has 2 unspecified atom stereocenters. The predicted octanol–water partition coefficient (Wildman–Crippen LogP) is 9.54. The molecule has 0 bridgehead atoms. The Balaban J connectivity index is 3.87. The van der Waals surface area contributed by atoms with E-state index in [0.29, 0.717) is 24.1 Å². The maximum atomic E-state index is 12.3. The van der Waals surface area contributed by atoms with Crippen LogP contribution < -0.4 is 0 Å². The van der Waals surface area contributed by atoms with Crippen LogP contribution in [0, 0.1) is 0 Å². The number of quaternary nitrogens is 1. The van der Waals surface area contributed by atoms with Crippen LogP contribution in [0.4, 0.5) is 0 Å². The van der Waals surface area contributed by atoms with Gasteiger partial charge >= 0.3 is 13.8 Å². The minimum Gasteiger partial charge on any atom is -0.457 e. The van der Waals surface area contributed by atoms with E-state index < -0.39 is 13.9 Å². The quantitative estimate of drug-likeness (QED) is 0.0249. The summed E-state index contributed by atoms with van der Waals surface area (Å²) >= 11 is 0. The number of esters is 1. The monoisotopic (exact) mass is 648 g/mol. The number of phosphoric ester groups is 1. The van der Waals surface area contributed by atoms with Crippen LogP contribution in [0.25, 0.3) is 0 Å². The fraction of sp³-hybridized carbons (Fsp3) is 0.914. The molecule has 0 rings (SSSR count). The van der Waals surface area contributed by atoms with E-state index in [4.69, 9.17) is 18.5 Å². The van der Waals surface area contributed by atoms with E-state index in [-0.39, 0.29) is 25.8 Å². The third kappa shape index (κ3) is 32.6. The summed E-state index contributed by atoms with van der Waals surface area (Å²) < 4.78 is 34.3. The highest BCUT2D eigenvalue weighted by Gasteiger charge is 2.26. The molecule has 0 spiro atoms.